The first-order valence-corrected chi connectivity index (χ1v) is 7.79. The minimum Gasteiger partial charge on any atom is -0.469 e. The number of nitrogens with zero attached hydrogens (tertiary/aromatic N) is 2. The summed E-state index contributed by atoms with van der Waals surface area (Å²) in [4.78, 5) is 41.0. The number of methoxy groups -OCH3 is 1. The van der Waals surface area contributed by atoms with E-state index in [0.717, 1.165) is 5.69 Å². The number of oxazole rings is 1. The third-order valence-electron chi connectivity index (χ3n) is 4.17. The van der Waals surface area contributed by atoms with Crippen LogP contribution in [0.25, 0.3) is 11.1 Å². The molecule has 0 aliphatic carbocycles. The lowest BCUT2D eigenvalue weighted by Gasteiger charge is -2.36. The van der Waals surface area contributed by atoms with Crippen LogP contribution in [0.3, 0.4) is 0 Å². The minimum absolute atomic E-state index is 0.0327. The van der Waals surface area contributed by atoms with Gasteiger partial charge in [-0.15, -0.1) is 0 Å². The van der Waals surface area contributed by atoms with Crippen LogP contribution in [0.4, 0.5) is 5.69 Å². The van der Waals surface area contributed by atoms with Crippen molar-refractivity contribution < 1.29 is 18.7 Å². The molecule has 1 aromatic heterocycles. The quantitative estimate of drug-likeness (QED) is 0.829. The van der Waals surface area contributed by atoms with E-state index in [1.54, 1.807) is 11.0 Å². The Morgan fingerprint density at radius 3 is 2.67 bits per heavy atom. The number of amides is 1. The average Bonchev–Trinajstić information content (AvgIpc) is 2.98. The maximum absolute atomic E-state index is 12.1. The number of benzene rings is 1. The van der Waals surface area contributed by atoms with Crippen molar-refractivity contribution in [2.45, 2.75) is 12.8 Å². The number of carbonyl (C=O) groups is 2. The Labute approximate surface area is 138 Å². The lowest BCUT2D eigenvalue weighted by molar-refractivity contribution is -0.143. The predicted molar refractivity (Wildman–Crippen MR) is 86.9 cm³/mol. The van der Waals surface area contributed by atoms with Crippen LogP contribution in [0.15, 0.2) is 27.4 Å². The molecule has 0 unspecified atom stereocenters. The Morgan fingerprint density at radius 2 is 1.96 bits per heavy atom. The second-order valence-corrected chi connectivity index (χ2v) is 5.64. The van der Waals surface area contributed by atoms with Gasteiger partial charge in [0.1, 0.15) is 0 Å². The van der Waals surface area contributed by atoms with E-state index in [-0.39, 0.29) is 24.7 Å². The second kappa shape index (κ2) is 6.77. The highest BCUT2D eigenvalue weighted by Gasteiger charge is 2.22. The van der Waals surface area contributed by atoms with Gasteiger partial charge in [0.05, 0.1) is 19.0 Å². The number of ether oxygens (including phenoxy) is 1. The summed E-state index contributed by atoms with van der Waals surface area (Å²) in [6.07, 6.45) is 0.287. The van der Waals surface area contributed by atoms with Gasteiger partial charge in [-0.2, -0.15) is 0 Å². The summed E-state index contributed by atoms with van der Waals surface area (Å²) in [5, 5.41) is 0. The van der Waals surface area contributed by atoms with Crippen molar-refractivity contribution >= 4 is 28.7 Å². The molecule has 0 saturated carbocycles. The molecule has 1 fully saturated rings. The summed E-state index contributed by atoms with van der Waals surface area (Å²) < 4.78 is 9.54. The van der Waals surface area contributed by atoms with Crippen molar-refractivity contribution in [1.29, 1.82) is 0 Å². The van der Waals surface area contributed by atoms with Crippen LogP contribution in [0, 0.1) is 0 Å². The number of aromatic amines is 1. The molecule has 1 amide bonds. The van der Waals surface area contributed by atoms with Crippen LogP contribution >= 0.6 is 0 Å². The molecule has 8 nitrogen and oxygen atoms in total. The topological polar surface area (TPSA) is 95.8 Å². The van der Waals surface area contributed by atoms with Crippen LogP contribution in [-0.4, -0.2) is 55.0 Å². The first-order chi connectivity index (χ1) is 11.6. The van der Waals surface area contributed by atoms with Gasteiger partial charge in [0.15, 0.2) is 5.58 Å². The summed E-state index contributed by atoms with van der Waals surface area (Å²) in [6, 6.07) is 5.53. The van der Waals surface area contributed by atoms with Gasteiger partial charge >= 0.3 is 11.7 Å². The SMILES string of the molecule is COC(=O)CCC(=O)N1CCN(c2ccc3oc(=O)[nH]c3c2)CC1. The molecule has 3 rings (SSSR count). The third kappa shape index (κ3) is 3.42. The number of anilines is 1. The van der Waals surface area contributed by atoms with E-state index >= 15 is 0 Å². The number of aromatic nitrogens is 1. The monoisotopic (exact) mass is 333 g/mol. The Hall–Kier alpha value is -2.77. The van der Waals surface area contributed by atoms with E-state index in [1.165, 1.54) is 7.11 Å². The van der Waals surface area contributed by atoms with Crippen LogP contribution in [0.1, 0.15) is 12.8 Å². The zero-order valence-corrected chi connectivity index (χ0v) is 13.4. The zero-order chi connectivity index (χ0) is 17.1. The smallest absolute Gasteiger partial charge is 0.417 e. The van der Waals surface area contributed by atoms with Crippen molar-refractivity contribution in [1.82, 2.24) is 9.88 Å². The second-order valence-electron chi connectivity index (χ2n) is 5.64. The Kier molecular flexibility index (Phi) is 4.54. The summed E-state index contributed by atoms with van der Waals surface area (Å²) in [5.41, 5.74) is 2.16. The molecule has 128 valence electrons. The van der Waals surface area contributed by atoms with E-state index in [2.05, 4.69) is 14.6 Å². The molecule has 1 aliphatic heterocycles. The standard InChI is InChI=1S/C16H19N3O5/c1-23-15(21)5-4-14(20)19-8-6-18(7-9-19)11-2-3-13-12(10-11)17-16(22)24-13/h2-3,10H,4-9H2,1H3,(H,17,22). The maximum atomic E-state index is 12.1. The first kappa shape index (κ1) is 16.1. The first-order valence-electron chi connectivity index (χ1n) is 7.79. The van der Waals surface area contributed by atoms with Gasteiger partial charge in [-0.05, 0) is 18.2 Å². The number of carbonyl (C=O) groups excluding carboxylic acids is 2. The lowest BCUT2D eigenvalue weighted by Crippen LogP contribution is -2.48. The van der Waals surface area contributed by atoms with E-state index in [1.807, 2.05) is 12.1 Å². The van der Waals surface area contributed by atoms with E-state index < -0.39 is 5.76 Å². The Bertz CT molecular complexity index is 801. The molecule has 0 spiro atoms. The third-order valence-corrected chi connectivity index (χ3v) is 4.17. The van der Waals surface area contributed by atoms with Crippen LogP contribution in [-0.2, 0) is 14.3 Å². The number of H-pyrrole nitrogens is 1. The zero-order valence-electron chi connectivity index (χ0n) is 13.4. The van der Waals surface area contributed by atoms with E-state index in [4.69, 9.17) is 4.42 Å². The Morgan fingerprint density at radius 1 is 1.21 bits per heavy atom. The fourth-order valence-corrected chi connectivity index (χ4v) is 2.82. The fourth-order valence-electron chi connectivity index (χ4n) is 2.82. The highest BCUT2D eigenvalue weighted by molar-refractivity contribution is 5.82. The molecule has 24 heavy (non-hydrogen) atoms. The lowest BCUT2D eigenvalue weighted by atomic mass is 10.2. The van der Waals surface area contributed by atoms with Crippen LogP contribution in [0.2, 0.25) is 0 Å². The molecule has 8 heteroatoms. The van der Waals surface area contributed by atoms with Gasteiger partial charge in [0.25, 0.3) is 0 Å². The number of nitrogens with one attached hydrogen (secondary N) is 1. The molecule has 0 atom stereocenters. The van der Waals surface area contributed by atoms with Gasteiger partial charge < -0.3 is 19.0 Å². The van der Waals surface area contributed by atoms with Crippen molar-refractivity contribution in [2.24, 2.45) is 0 Å². The van der Waals surface area contributed by atoms with E-state index in [9.17, 15) is 14.4 Å². The highest BCUT2D eigenvalue weighted by Crippen LogP contribution is 2.21. The molecule has 2 aromatic rings. The maximum Gasteiger partial charge on any atom is 0.417 e. The number of esters is 1. The molecule has 1 saturated heterocycles. The summed E-state index contributed by atoms with van der Waals surface area (Å²) in [7, 11) is 1.32. The normalized spacial score (nSPS) is 14.9. The predicted octanol–water partition coefficient (Wildman–Crippen LogP) is 0.723. The van der Waals surface area contributed by atoms with Gasteiger partial charge in [-0.25, -0.2) is 4.79 Å². The number of piperazine rings is 1. The number of fused-ring (bicyclic) bond motifs is 1. The van der Waals surface area contributed by atoms with Crippen molar-refractivity contribution in [3.63, 3.8) is 0 Å². The molecule has 1 aliphatic rings. The fraction of sp³-hybridized carbons (Fsp3) is 0.438. The Balaban J connectivity index is 1.58. The molecular weight excluding hydrogens is 314 g/mol. The molecular formula is C16H19N3O5. The van der Waals surface area contributed by atoms with Gasteiger partial charge in [-0.1, -0.05) is 0 Å². The van der Waals surface area contributed by atoms with E-state index in [0.29, 0.717) is 37.3 Å². The van der Waals surface area contributed by atoms with Crippen molar-refractivity contribution in [3.8, 4) is 0 Å². The summed E-state index contributed by atoms with van der Waals surface area (Å²) in [5.74, 6) is -0.873. The molecule has 1 N–H and O–H groups in total. The summed E-state index contributed by atoms with van der Waals surface area (Å²) in [6.45, 7) is 2.58. The van der Waals surface area contributed by atoms with Crippen LogP contribution in [0.5, 0.6) is 0 Å². The van der Waals surface area contributed by atoms with Crippen LogP contribution < -0.4 is 10.7 Å². The molecule has 0 radical (unpaired) electrons. The number of hydrogen-bond acceptors (Lipinski definition) is 6. The molecule has 0 bridgehead atoms. The van der Waals surface area contributed by atoms with Gasteiger partial charge in [0.2, 0.25) is 5.91 Å². The van der Waals surface area contributed by atoms with Gasteiger partial charge in [0, 0.05) is 38.3 Å². The largest absolute Gasteiger partial charge is 0.469 e. The van der Waals surface area contributed by atoms with Crippen molar-refractivity contribution in [3.05, 3.63) is 28.7 Å². The number of rotatable bonds is 4. The molecule has 2 heterocycles. The highest BCUT2D eigenvalue weighted by atomic mass is 16.5. The minimum atomic E-state index is -0.469. The van der Waals surface area contributed by atoms with Gasteiger partial charge in [-0.3, -0.25) is 14.6 Å². The average molecular weight is 333 g/mol. The number of hydrogen-bond donors (Lipinski definition) is 1. The molecule has 1 aromatic carbocycles. The summed E-state index contributed by atoms with van der Waals surface area (Å²) >= 11 is 0. The van der Waals surface area contributed by atoms with Crippen molar-refractivity contribution in [2.75, 3.05) is 38.2 Å².